The maximum atomic E-state index is 3.44. The fraction of sp³-hybridized carbons (Fsp3) is 1.00. The molecule has 0 aromatic heterocycles. The van der Waals surface area contributed by atoms with Crippen LogP contribution in [0, 0.1) is 5.92 Å². The quantitative estimate of drug-likeness (QED) is 0.794. The second kappa shape index (κ2) is 5.25. The van der Waals surface area contributed by atoms with Gasteiger partial charge in [0.05, 0.1) is 0 Å². The summed E-state index contributed by atoms with van der Waals surface area (Å²) in [6.07, 6.45) is 5.92. The molecule has 0 spiro atoms. The van der Waals surface area contributed by atoms with Crippen molar-refractivity contribution in [2.45, 2.75) is 44.7 Å². The summed E-state index contributed by atoms with van der Waals surface area (Å²) < 4.78 is 0. The molecule has 0 amide bonds. The smallest absolute Gasteiger partial charge is 0.0351 e. The summed E-state index contributed by atoms with van der Waals surface area (Å²) in [6, 6.07) is 1.71. The zero-order chi connectivity index (χ0) is 11.7. The predicted octanol–water partition coefficient (Wildman–Crippen LogP) is 1.15. The summed E-state index contributed by atoms with van der Waals surface area (Å²) in [7, 11) is 0. The van der Waals surface area contributed by atoms with Gasteiger partial charge in [-0.1, -0.05) is 12.8 Å². The zero-order valence-electron chi connectivity index (χ0n) is 11.2. The molecular weight excluding hydrogens is 210 g/mol. The maximum absolute atomic E-state index is 3.44. The minimum absolute atomic E-state index is 0.844. The van der Waals surface area contributed by atoms with Crippen LogP contribution in [0.2, 0.25) is 0 Å². The highest BCUT2D eigenvalue weighted by Gasteiger charge is 2.37. The number of piperazine rings is 1. The van der Waals surface area contributed by atoms with Crippen LogP contribution in [0.25, 0.3) is 0 Å². The Morgan fingerprint density at radius 1 is 1.06 bits per heavy atom. The largest absolute Gasteiger partial charge is 0.314 e. The molecule has 3 aliphatic rings. The molecule has 2 heterocycles. The number of rotatable bonds is 3. The number of likely N-dealkylation sites (tertiary alicyclic amines) is 1. The molecule has 3 rings (SSSR count). The average Bonchev–Trinajstić information content (AvgIpc) is 2.81. The van der Waals surface area contributed by atoms with Gasteiger partial charge in [-0.15, -0.1) is 0 Å². The van der Waals surface area contributed by atoms with E-state index in [1.807, 2.05) is 0 Å². The molecule has 2 aliphatic heterocycles. The molecule has 3 heteroatoms. The van der Waals surface area contributed by atoms with Gasteiger partial charge in [-0.25, -0.2) is 0 Å². The molecule has 3 nitrogen and oxygen atoms in total. The Labute approximate surface area is 106 Å². The van der Waals surface area contributed by atoms with Gasteiger partial charge in [-0.3, -0.25) is 9.80 Å². The summed E-state index contributed by atoms with van der Waals surface area (Å²) in [5.41, 5.74) is 0. The first-order chi connectivity index (χ1) is 8.34. The summed E-state index contributed by atoms with van der Waals surface area (Å²) in [5, 5.41) is 3.44. The Morgan fingerprint density at radius 3 is 2.35 bits per heavy atom. The molecule has 17 heavy (non-hydrogen) atoms. The van der Waals surface area contributed by atoms with E-state index in [0.717, 1.165) is 18.0 Å². The van der Waals surface area contributed by atoms with Crippen LogP contribution in [0.4, 0.5) is 0 Å². The lowest BCUT2D eigenvalue weighted by atomic mass is 9.93. The Kier molecular flexibility index (Phi) is 3.69. The van der Waals surface area contributed by atoms with Crippen LogP contribution in [-0.2, 0) is 0 Å². The summed E-state index contributed by atoms with van der Waals surface area (Å²) >= 11 is 0. The fourth-order valence-corrected chi connectivity index (χ4v) is 3.84. The lowest BCUT2D eigenvalue weighted by Gasteiger charge is -2.50. The molecular formula is C14H27N3. The third kappa shape index (κ3) is 2.51. The van der Waals surface area contributed by atoms with Gasteiger partial charge >= 0.3 is 0 Å². The highest BCUT2D eigenvalue weighted by Crippen LogP contribution is 2.32. The third-order valence-corrected chi connectivity index (χ3v) is 5.22. The van der Waals surface area contributed by atoms with Gasteiger partial charge in [0.2, 0.25) is 0 Å². The van der Waals surface area contributed by atoms with Crippen LogP contribution in [0.3, 0.4) is 0 Å². The first-order valence-corrected chi connectivity index (χ1v) is 7.53. The first kappa shape index (κ1) is 11.9. The summed E-state index contributed by atoms with van der Waals surface area (Å²) in [5.74, 6) is 0.999. The van der Waals surface area contributed by atoms with E-state index < -0.39 is 0 Å². The average molecular weight is 237 g/mol. The van der Waals surface area contributed by atoms with E-state index in [9.17, 15) is 0 Å². The first-order valence-electron chi connectivity index (χ1n) is 7.53. The van der Waals surface area contributed by atoms with Crippen molar-refractivity contribution < 1.29 is 0 Å². The van der Waals surface area contributed by atoms with Crippen molar-refractivity contribution in [3.63, 3.8) is 0 Å². The second-order valence-corrected chi connectivity index (χ2v) is 6.18. The second-order valence-electron chi connectivity index (χ2n) is 6.18. The van der Waals surface area contributed by atoms with E-state index in [2.05, 4.69) is 22.0 Å². The summed E-state index contributed by atoms with van der Waals surface area (Å²) in [6.45, 7) is 10.0. The van der Waals surface area contributed by atoms with Gasteiger partial charge in [-0.05, 0) is 25.7 Å². The molecule has 0 aromatic rings. The van der Waals surface area contributed by atoms with E-state index in [4.69, 9.17) is 0 Å². The van der Waals surface area contributed by atoms with Crippen LogP contribution in [0.15, 0.2) is 0 Å². The number of hydrogen-bond donors (Lipinski definition) is 1. The number of nitrogens with one attached hydrogen (secondary N) is 1. The maximum Gasteiger partial charge on any atom is 0.0351 e. The SMILES string of the molecule is CC(C1CCCC1)N1CC(N2CCNCC2)C1. The monoisotopic (exact) mass is 237 g/mol. The number of hydrogen-bond acceptors (Lipinski definition) is 3. The minimum Gasteiger partial charge on any atom is -0.314 e. The van der Waals surface area contributed by atoms with Crippen LogP contribution >= 0.6 is 0 Å². The van der Waals surface area contributed by atoms with Crippen molar-refractivity contribution in [1.29, 1.82) is 0 Å². The lowest BCUT2D eigenvalue weighted by molar-refractivity contribution is -0.0108. The third-order valence-electron chi connectivity index (χ3n) is 5.22. The minimum atomic E-state index is 0.844. The molecule has 1 unspecified atom stereocenters. The molecule has 0 aromatic carbocycles. The Bertz CT molecular complexity index is 238. The van der Waals surface area contributed by atoms with E-state index in [-0.39, 0.29) is 0 Å². The Hall–Kier alpha value is -0.120. The standard InChI is InChI=1S/C14H27N3/c1-12(13-4-2-3-5-13)17-10-14(11-17)16-8-6-15-7-9-16/h12-15H,2-11H2,1H3. The normalized spacial score (nSPS) is 31.6. The molecule has 0 radical (unpaired) electrons. The van der Waals surface area contributed by atoms with Gasteiger partial charge < -0.3 is 5.32 Å². The van der Waals surface area contributed by atoms with Crippen LogP contribution in [0.5, 0.6) is 0 Å². The Morgan fingerprint density at radius 2 is 1.71 bits per heavy atom. The van der Waals surface area contributed by atoms with Crippen LogP contribution in [-0.4, -0.2) is 61.2 Å². The summed E-state index contributed by atoms with van der Waals surface area (Å²) in [4.78, 5) is 5.41. The van der Waals surface area contributed by atoms with Crippen molar-refractivity contribution >= 4 is 0 Å². The van der Waals surface area contributed by atoms with E-state index in [1.54, 1.807) is 0 Å². The van der Waals surface area contributed by atoms with Gasteiger partial charge in [0.1, 0.15) is 0 Å². The topological polar surface area (TPSA) is 18.5 Å². The van der Waals surface area contributed by atoms with Gasteiger partial charge in [0, 0.05) is 51.4 Å². The van der Waals surface area contributed by atoms with Gasteiger partial charge in [0.25, 0.3) is 0 Å². The zero-order valence-corrected chi connectivity index (χ0v) is 11.2. The molecule has 3 fully saturated rings. The highest BCUT2D eigenvalue weighted by atomic mass is 15.3. The van der Waals surface area contributed by atoms with Gasteiger partial charge in [-0.2, -0.15) is 0 Å². The van der Waals surface area contributed by atoms with E-state index >= 15 is 0 Å². The van der Waals surface area contributed by atoms with Crippen molar-refractivity contribution in [1.82, 2.24) is 15.1 Å². The van der Waals surface area contributed by atoms with E-state index in [0.29, 0.717) is 0 Å². The molecule has 1 aliphatic carbocycles. The molecule has 2 saturated heterocycles. The Balaban J connectivity index is 1.43. The molecule has 0 bridgehead atoms. The molecule has 98 valence electrons. The molecule has 1 saturated carbocycles. The van der Waals surface area contributed by atoms with Crippen molar-refractivity contribution in [3.05, 3.63) is 0 Å². The van der Waals surface area contributed by atoms with Crippen molar-refractivity contribution in [3.8, 4) is 0 Å². The lowest BCUT2D eigenvalue weighted by Crippen LogP contribution is -2.65. The van der Waals surface area contributed by atoms with Crippen molar-refractivity contribution in [2.24, 2.45) is 5.92 Å². The van der Waals surface area contributed by atoms with Gasteiger partial charge in [0.15, 0.2) is 0 Å². The molecule has 1 atom stereocenters. The van der Waals surface area contributed by atoms with Crippen LogP contribution < -0.4 is 5.32 Å². The number of nitrogens with zero attached hydrogens (tertiary/aromatic N) is 2. The predicted molar refractivity (Wildman–Crippen MR) is 71.2 cm³/mol. The fourth-order valence-electron chi connectivity index (χ4n) is 3.84. The molecule has 1 N–H and O–H groups in total. The van der Waals surface area contributed by atoms with Crippen molar-refractivity contribution in [2.75, 3.05) is 39.3 Å². The highest BCUT2D eigenvalue weighted by molar-refractivity contribution is 4.94. The van der Waals surface area contributed by atoms with E-state index in [1.165, 1.54) is 65.0 Å². The van der Waals surface area contributed by atoms with Crippen LogP contribution in [0.1, 0.15) is 32.6 Å².